The van der Waals surface area contributed by atoms with E-state index in [0.29, 0.717) is 0 Å². The highest BCUT2D eigenvalue weighted by Gasteiger charge is 2.38. The Kier molecular flexibility index (Phi) is 5.91. The molecule has 8 aromatic carbocycles. The summed E-state index contributed by atoms with van der Waals surface area (Å²) in [4.78, 5) is 2.43. The Labute approximate surface area is 319 Å². The maximum absolute atomic E-state index is 7.26. The van der Waals surface area contributed by atoms with Crippen LogP contribution in [0.3, 0.4) is 0 Å². The van der Waals surface area contributed by atoms with Crippen molar-refractivity contribution in [1.29, 1.82) is 0 Å². The molecule has 2 aromatic heterocycles. The van der Waals surface area contributed by atoms with E-state index >= 15 is 0 Å². The number of furan rings is 2. The fraction of sp³-hybridized carbons (Fsp3) is 0.115. The van der Waals surface area contributed by atoms with Crippen LogP contribution in [0.1, 0.15) is 49.9 Å². The molecular formula is C52H37NO2. The van der Waals surface area contributed by atoms with Crippen LogP contribution in [-0.2, 0) is 10.8 Å². The van der Waals surface area contributed by atoms with Crippen molar-refractivity contribution in [2.24, 2.45) is 0 Å². The minimum Gasteiger partial charge on any atom is -0.455 e. The van der Waals surface area contributed by atoms with Crippen LogP contribution in [0, 0.1) is 0 Å². The fourth-order valence-electron chi connectivity index (χ4n) is 10.2. The lowest BCUT2D eigenvalue weighted by Crippen LogP contribution is -2.18. The maximum atomic E-state index is 7.26. The van der Waals surface area contributed by atoms with Gasteiger partial charge in [0.2, 0.25) is 0 Å². The van der Waals surface area contributed by atoms with Gasteiger partial charge in [0.05, 0.1) is 11.1 Å². The number of para-hydroxylation sites is 2. The highest BCUT2D eigenvalue weighted by molar-refractivity contribution is 6.34. The predicted molar refractivity (Wildman–Crippen MR) is 228 cm³/mol. The zero-order valence-corrected chi connectivity index (χ0v) is 31.2. The van der Waals surface area contributed by atoms with Gasteiger partial charge in [-0.1, -0.05) is 143 Å². The van der Waals surface area contributed by atoms with Crippen molar-refractivity contribution in [3.05, 3.63) is 174 Å². The molecule has 55 heavy (non-hydrogen) atoms. The maximum Gasteiger partial charge on any atom is 0.159 e. The average molecular weight is 708 g/mol. The molecule has 0 radical (unpaired) electrons. The smallest absolute Gasteiger partial charge is 0.159 e. The molecule has 10 aromatic rings. The molecule has 0 amide bonds. The third kappa shape index (κ3) is 3.95. The van der Waals surface area contributed by atoms with Gasteiger partial charge in [-0.15, -0.1) is 0 Å². The van der Waals surface area contributed by atoms with E-state index in [-0.39, 0.29) is 10.8 Å². The zero-order chi connectivity index (χ0) is 36.8. The standard InChI is InChI=1S/C52H37NO2/c1-51(2)40-20-10-7-14-32(40)34-26-24-30(28-42(34)51)53(31-25-27-35-33-15-8-11-21-41(33)52(3,4)43(35)29-31)44-22-13-19-39-46-36-16-5-6-17-37(36)49-47(50(46)55-48(39)44)38-18-9-12-23-45(38)54-49/h5-29H,1-4H3. The summed E-state index contributed by atoms with van der Waals surface area (Å²) in [6, 6.07) is 55.3. The minimum atomic E-state index is -0.145. The number of fused-ring (bicyclic) bond motifs is 16. The first-order chi connectivity index (χ1) is 26.8. The van der Waals surface area contributed by atoms with Gasteiger partial charge in [-0.2, -0.15) is 0 Å². The number of nitrogens with zero attached hydrogens (tertiary/aromatic N) is 1. The largest absolute Gasteiger partial charge is 0.455 e. The molecule has 0 bridgehead atoms. The summed E-state index contributed by atoms with van der Waals surface area (Å²) in [6.07, 6.45) is 0. The molecule has 0 unspecified atom stereocenters. The molecule has 262 valence electrons. The molecule has 0 spiro atoms. The second-order valence-corrected chi connectivity index (χ2v) is 16.4. The molecule has 3 heteroatoms. The van der Waals surface area contributed by atoms with Gasteiger partial charge >= 0.3 is 0 Å². The summed E-state index contributed by atoms with van der Waals surface area (Å²) in [6.45, 7) is 9.41. The van der Waals surface area contributed by atoms with Crippen LogP contribution in [0.25, 0.3) is 76.9 Å². The summed E-state index contributed by atoms with van der Waals surface area (Å²) < 4.78 is 13.9. The minimum absolute atomic E-state index is 0.145. The Bertz CT molecular complexity index is 3170. The molecule has 12 rings (SSSR count). The molecular weight excluding hydrogens is 671 g/mol. The summed E-state index contributed by atoms with van der Waals surface area (Å²) >= 11 is 0. The lowest BCUT2D eigenvalue weighted by molar-refractivity contribution is 0.659. The monoisotopic (exact) mass is 707 g/mol. The molecule has 0 aliphatic heterocycles. The highest BCUT2D eigenvalue weighted by Crippen LogP contribution is 2.54. The van der Waals surface area contributed by atoms with E-state index in [1.165, 1.54) is 44.5 Å². The normalized spacial score (nSPS) is 14.8. The van der Waals surface area contributed by atoms with Gasteiger partial charge in [0, 0.05) is 43.7 Å². The van der Waals surface area contributed by atoms with Crippen LogP contribution in [0.15, 0.2) is 160 Å². The van der Waals surface area contributed by atoms with Gasteiger partial charge in [-0.05, 0) is 86.3 Å². The van der Waals surface area contributed by atoms with Gasteiger partial charge in [-0.25, -0.2) is 0 Å². The summed E-state index contributed by atoms with van der Waals surface area (Å²) in [5, 5.41) is 6.50. The zero-order valence-electron chi connectivity index (χ0n) is 31.2. The second-order valence-electron chi connectivity index (χ2n) is 16.4. The SMILES string of the molecule is CC1(C)c2ccccc2-c2ccc(N(c3ccc4c(c3)C(C)(C)c3ccccc3-4)c3cccc4c3oc3c4c4ccccc4c4oc5ccccc5c43)cc21. The van der Waals surface area contributed by atoms with Gasteiger partial charge in [0.1, 0.15) is 16.7 Å². The van der Waals surface area contributed by atoms with Crippen molar-refractivity contribution in [2.45, 2.75) is 38.5 Å². The Morgan fingerprint density at radius 3 is 1.56 bits per heavy atom. The molecule has 0 saturated carbocycles. The summed E-state index contributed by atoms with van der Waals surface area (Å²) in [7, 11) is 0. The topological polar surface area (TPSA) is 29.5 Å². The molecule has 0 saturated heterocycles. The van der Waals surface area contributed by atoms with Crippen molar-refractivity contribution in [3.63, 3.8) is 0 Å². The van der Waals surface area contributed by atoms with Crippen LogP contribution < -0.4 is 4.90 Å². The predicted octanol–water partition coefficient (Wildman–Crippen LogP) is 14.7. The van der Waals surface area contributed by atoms with Crippen LogP contribution >= 0.6 is 0 Å². The molecule has 3 nitrogen and oxygen atoms in total. The highest BCUT2D eigenvalue weighted by atomic mass is 16.3. The third-order valence-corrected chi connectivity index (χ3v) is 12.8. The Hall–Kier alpha value is -6.58. The van der Waals surface area contributed by atoms with Crippen LogP contribution in [0.4, 0.5) is 17.1 Å². The number of benzene rings is 8. The van der Waals surface area contributed by atoms with Gasteiger partial charge < -0.3 is 13.7 Å². The lowest BCUT2D eigenvalue weighted by Gasteiger charge is -2.29. The van der Waals surface area contributed by atoms with E-state index in [4.69, 9.17) is 8.83 Å². The molecule has 2 aliphatic carbocycles. The molecule has 0 fully saturated rings. The first kappa shape index (κ1) is 30.8. The van der Waals surface area contributed by atoms with Gasteiger partial charge in [-0.3, -0.25) is 0 Å². The van der Waals surface area contributed by atoms with Crippen molar-refractivity contribution >= 4 is 71.7 Å². The summed E-state index contributed by atoms with van der Waals surface area (Å²) in [5.41, 5.74) is 17.0. The average Bonchev–Trinajstić information content (AvgIpc) is 3.92. The molecule has 0 atom stereocenters. The fourth-order valence-corrected chi connectivity index (χ4v) is 10.2. The number of hydrogen-bond acceptors (Lipinski definition) is 3. The van der Waals surface area contributed by atoms with Crippen molar-refractivity contribution in [2.75, 3.05) is 4.90 Å². The third-order valence-electron chi connectivity index (χ3n) is 12.8. The van der Waals surface area contributed by atoms with Crippen LogP contribution in [-0.4, -0.2) is 0 Å². The second kappa shape index (κ2) is 10.5. The van der Waals surface area contributed by atoms with Crippen LogP contribution in [0.2, 0.25) is 0 Å². The van der Waals surface area contributed by atoms with Gasteiger partial charge in [0.25, 0.3) is 0 Å². The van der Waals surface area contributed by atoms with E-state index in [9.17, 15) is 0 Å². The van der Waals surface area contributed by atoms with E-state index in [1.54, 1.807) is 0 Å². The number of hydrogen-bond donors (Lipinski definition) is 0. The first-order valence-electron chi connectivity index (χ1n) is 19.3. The molecule has 0 N–H and O–H groups in total. The Morgan fingerprint density at radius 2 is 0.909 bits per heavy atom. The molecule has 2 aliphatic rings. The van der Waals surface area contributed by atoms with E-state index < -0.39 is 0 Å². The first-order valence-corrected chi connectivity index (χ1v) is 19.3. The number of anilines is 3. The number of rotatable bonds is 3. The lowest BCUT2D eigenvalue weighted by atomic mass is 9.82. The Balaban J connectivity index is 1.17. The van der Waals surface area contributed by atoms with E-state index in [1.807, 2.05) is 12.1 Å². The van der Waals surface area contributed by atoms with E-state index in [0.717, 1.165) is 71.7 Å². The van der Waals surface area contributed by atoms with Gasteiger partial charge in [0.15, 0.2) is 5.58 Å². The van der Waals surface area contributed by atoms with E-state index in [2.05, 4.69) is 172 Å². The van der Waals surface area contributed by atoms with Crippen molar-refractivity contribution in [1.82, 2.24) is 0 Å². The molecule has 2 heterocycles. The van der Waals surface area contributed by atoms with Crippen molar-refractivity contribution < 1.29 is 8.83 Å². The van der Waals surface area contributed by atoms with Crippen molar-refractivity contribution in [3.8, 4) is 22.3 Å². The quantitative estimate of drug-likeness (QED) is 0.183. The summed E-state index contributed by atoms with van der Waals surface area (Å²) in [5.74, 6) is 0. The van der Waals surface area contributed by atoms with Crippen LogP contribution in [0.5, 0.6) is 0 Å². The Morgan fingerprint density at radius 1 is 0.382 bits per heavy atom.